The minimum absolute atomic E-state index is 0.102. The molecule has 0 radical (unpaired) electrons. The lowest BCUT2D eigenvalue weighted by molar-refractivity contribution is 0.182. The van der Waals surface area contributed by atoms with E-state index in [1.807, 2.05) is 24.0 Å². The summed E-state index contributed by atoms with van der Waals surface area (Å²) in [6.45, 7) is 4.71. The molecule has 1 aliphatic rings. The number of rotatable bonds is 2. The van der Waals surface area contributed by atoms with Gasteiger partial charge >= 0.3 is 6.03 Å². The van der Waals surface area contributed by atoms with Gasteiger partial charge in [-0.2, -0.15) is 0 Å². The Hall–Kier alpha value is -2.43. The largest absolute Gasteiger partial charge is 0.322 e. The molecule has 114 valence electrons. The fourth-order valence-corrected chi connectivity index (χ4v) is 2.75. The van der Waals surface area contributed by atoms with Gasteiger partial charge in [0.25, 0.3) is 0 Å². The molecule has 0 spiro atoms. The van der Waals surface area contributed by atoms with Gasteiger partial charge in [0, 0.05) is 19.0 Å². The Morgan fingerprint density at radius 3 is 2.64 bits per heavy atom. The smallest absolute Gasteiger partial charge is 0.317 e. The molecule has 0 saturated carbocycles. The summed E-state index contributed by atoms with van der Waals surface area (Å²) in [4.78, 5) is 22.8. The van der Waals surface area contributed by atoms with Crippen molar-refractivity contribution in [1.82, 2.24) is 14.9 Å². The van der Waals surface area contributed by atoms with Gasteiger partial charge in [-0.05, 0) is 24.5 Å². The lowest BCUT2D eigenvalue weighted by atomic mass is 9.95. The molecule has 0 aliphatic carbocycles. The third kappa shape index (κ3) is 2.93. The highest BCUT2D eigenvalue weighted by molar-refractivity contribution is 5.89. The monoisotopic (exact) mass is 296 g/mol. The fraction of sp³-hybridized carbons (Fsp3) is 0.353. The number of hydrogen-bond donors (Lipinski definition) is 1. The summed E-state index contributed by atoms with van der Waals surface area (Å²) in [5, 5.41) is 2.89. The zero-order chi connectivity index (χ0) is 15.5. The predicted octanol–water partition coefficient (Wildman–Crippen LogP) is 3.02. The molecule has 1 aromatic heterocycles. The molecule has 2 heterocycles. The van der Waals surface area contributed by atoms with E-state index < -0.39 is 0 Å². The summed E-state index contributed by atoms with van der Waals surface area (Å²) in [6, 6.07) is 8.36. The molecule has 2 amide bonds. The number of nitrogens with one attached hydrogen (secondary N) is 1. The van der Waals surface area contributed by atoms with Gasteiger partial charge in [0.15, 0.2) is 0 Å². The van der Waals surface area contributed by atoms with Crippen LogP contribution in [-0.2, 0) is 19.4 Å². The molecular weight excluding hydrogens is 276 g/mol. The molecule has 5 heteroatoms. The van der Waals surface area contributed by atoms with E-state index in [-0.39, 0.29) is 12.1 Å². The third-order valence-corrected chi connectivity index (χ3v) is 4.04. The second-order valence-electron chi connectivity index (χ2n) is 5.62. The van der Waals surface area contributed by atoms with E-state index in [1.165, 1.54) is 11.1 Å². The Bertz CT molecular complexity index is 669. The molecule has 0 bridgehead atoms. The summed E-state index contributed by atoms with van der Waals surface area (Å²) >= 11 is 0. The SMILES string of the molecule is CCc1ncc(NC(=O)N2Cc3ccccc3CC2C)cn1. The van der Waals surface area contributed by atoms with Crippen LogP contribution in [0.2, 0.25) is 0 Å². The van der Waals surface area contributed by atoms with Crippen LogP contribution in [0.3, 0.4) is 0 Å². The summed E-state index contributed by atoms with van der Waals surface area (Å²) in [5.41, 5.74) is 3.18. The van der Waals surface area contributed by atoms with Crippen LogP contribution in [0.5, 0.6) is 0 Å². The maximum Gasteiger partial charge on any atom is 0.322 e. The molecule has 0 fully saturated rings. The van der Waals surface area contributed by atoms with Gasteiger partial charge in [0.2, 0.25) is 0 Å². The Morgan fingerprint density at radius 2 is 1.95 bits per heavy atom. The van der Waals surface area contributed by atoms with Crippen LogP contribution >= 0.6 is 0 Å². The van der Waals surface area contributed by atoms with Crippen LogP contribution in [0.15, 0.2) is 36.7 Å². The van der Waals surface area contributed by atoms with Crippen molar-refractivity contribution in [2.75, 3.05) is 5.32 Å². The van der Waals surface area contributed by atoms with E-state index in [2.05, 4.69) is 34.3 Å². The molecular formula is C17H20N4O. The average Bonchev–Trinajstić information content (AvgIpc) is 2.54. The van der Waals surface area contributed by atoms with Crippen molar-refractivity contribution >= 4 is 11.7 Å². The maximum atomic E-state index is 12.5. The lowest BCUT2D eigenvalue weighted by Crippen LogP contribution is -2.44. The zero-order valence-corrected chi connectivity index (χ0v) is 12.9. The number of carbonyl (C=O) groups excluding carboxylic acids is 1. The van der Waals surface area contributed by atoms with Gasteiger partial charge in [0.05, 0.1) is 18.1 Å². The van der Waals surface area contributed by atoms with Gasteiger partial charge in [-0.15, -0.1) is 0 Å². The maximum absolute atomic E-state index is 12.5. The number of nitrogens with zero attached hydrogens (tertiary/aromatic N) is 3. The first kappa shape index (κ1) is 14.5. The lowest BCUT2D eigenvalue weighted by Gasteiger charge is -2.34. The molecule has 22 heavy (non-hydrogen) atoms. The van der Waals surface area contributed by atoms with Crippen LogP contribution in [0.1, 0.15) is 30.8 Å². The summed E-state index contributed by atoms with van der Waals surface area (Å²) in [5.74, 6) is 0.776. The van der Waals surface area contributed by atoms with E-state index in [0.717, 1.165) is 18.7 Å². The quantitative estimate of drug-likeness (QED) is 0.926. The van der Waals surface area contributed by atoms with Gasteiger partial charge < -0.3 is 10.2 Å². The highest BCUT2D eigenvalue weighted by atomic mass is 16.2. The molecule has 1 N–H and O–H groups in total. The van der Waals surface area contributed by atoms with E-state index >= 15 is 0 Å². The Morgan fingerprint density at radius 1 is 1.27 bits per heavy atom. The molecule has 5 nitrogen and oxygen atoms in total. The average molecular weight is 296 g/mol. The fourth-order valence-electron chi connectivity index (χ4n) is 2.75. The number of anilines is 1. The summed E-state index contributed by atoms with van der Waals surface area (Å²) in [6.07, 6.45) is 4.99. The van der Waals surface area contributed by atoms with Crippen LogP contribution in [0.4, 0.5) is 10.5 Å². The highest BCUT2D eigenvalue weighted by Crippen LogP contribution is 2.23. The number of urea groups is 1. The first-order valence-electron chi connectivity index (χ1n) is 7.62. The van der Waals surface area contributed by atoms with Gasteiger partial charge in [-0.1, -0.05) is 31.2 Å². The standard InChI is InChI=1S/C17H20N4O/c1-3-16-18-9-15(10-19-16)20-17(22)21-11-14-7-5-4-6-13(14)8-12(21)2/h4-7,9-10,12H,3,8,11H2,1-2H3,(H,20,22). The normalized spacial score (nSPS) is 17.0. The van der Waals surface area contributed by atoms with E-state index in [9.17, 15) is 4.79 Å². The first-order valence-corrected chi connectivity index (χ1v) is 7.62. The highest BCUT2D eigenvalue weighted by Gasteiger charge is 2.26. The van der Waals surface area contributed by atoms with E-state index in [0.29, 0.717) is 12.2 Å². The van der Waals surface area contributed by atoms with Gasteiger partial charge in [0.1, 0.15) is 5.82 Å². The number of fused-ring (bicyclic) bond motifs is 1. The number of benzene rings is 1. The van der Waals surface area contributed by atoms with Crippen molar-refractivity contribution in [3.8, 4) is 0 Å². The van der Waals surface area contributed by atoms with E-state index in [1.54, 1.807) is 12.4 Å². The summed E-state index contributed by atoms with van der Waals surface area (Å²) < 4.78 is 0. The predicted molar refractivity (Wildman–Crippen MR) is 85.6 cm³/mol. The summed E-state index contributed by atoms with van der Waals surface area (Å²) in [7, 11) is 0. The van der Waals surface area contributed by atoms with Crippen LogP contribution in [0.25, 0.3) is 0 Å². The minimum atomic E-state index is -0.102. The van der Waals surface area contributed by atoms with Crippen molar-refractivity contribution in [1.29, 1.82) is 0 Å². The van der Waals surface area contributed by atoms with Crippen molar-refractivity contribution < 1.29 is 4.79 Å². The Labute approximate surface area is 130 Å². The molecule has 1 aliphatic heterocycles. The number of carbonyl (C=O) groups is 1. The van der Waals surface area contributed by atoms with Crippen LogP contribution in [0, 0.1) is 0 Å². The van der Waals surface area contributed by atoms with Crippen molar-refractivity contribution in [2.24, 2.45) is 0 Å². The molecule has 1 unspecified atom stereocenters. The Kier molecular flexibility index (Phi) is 4.04. The van der Waals surface area contributed by atoms with Crippen LogP contribution in [-0.4, -0.2) is 26.9 Å². The number of amides is 2. The molecule has 2 aromatic rings. The number of aromatic nitrogens is 2. The van der Waals surface area contributed by atoms with Gasteiger partial charge in [-0.25, -0.2) is 14.8 Å². The van der Waals surface area contributed by atoms with Crippen LogP contribution < -0.4 is 5.32 Å². The molecule has 1 aromatic carbocycles. The Balaban J connectivity index is 1.72. The molecule has 3 rings (SSSR count). The third-order valence-electron chi connectivity index (χ3n) is 4.04. The first-order chi connectivity index (χ1) is 10.7. The van der Waals surface area contributed by atoms with Gasteiger partial charge in [-0.3, -0.25) is 0 Å². The van der Waals surface area contributed by atoms with Crippen molar-refractivity contribution in [3.05, 3.63) is 53.6 Å². The topological polar surface area (TPSA) is 58.1 Å². The number of aryl methyl sites for hydroxylation is 1. The molecule has 0 saturated heterocycles. The zero-order valence-electron chi connectivity index (χ0n) is 12.9. The second kappa shape index (κ2) is 6.13. The minimum Gasteiger partial charge on any atom is -0.317 e. The molecule has 1 atom stereocenters. The number of hydrogen-bond acceptors (Lipinski definition) is 3. The van der Waals surface area contributed by atoms with E-state index in [4.69, 9.17) is 0 Å². The van der Waals surface area contributed by atoms with Crippen molar-refractivity contribution in [2.45, 2.75) is 39.3 Å². The van der Waals surface area contributed by atoms with Crippen molar-refractivity contribution in [3.63, 3.8) is 0 Å². The second-order valence-corrected chi connectivity index (χ2v) is 5.62.